The van der Waals surface area contributed by atoms with Crippen molar-refractivity contribution in [1.29, 1.82) is 0 Å². The van der Waals surface area contributed by atoms with Crippen molar-refractivity contribution >= 4 is 22.8 Å². The highest BCUT2D eigenvalue weighted by Crippen LogP contribution is 2.27. The van der Waals surface area contributed by atoms with Crippen molar-refractivity contribution in [3.05, 3.63) is 46.9 Å². The summed E-state index contributed by atoms with van der Waals surface area (Å²) >= 11 is 0. The monoisotopic (exact) mass is 284 g/mol. The lowest BCUT2D eigenvalue weighted by atomic mass is 10.1. The fraction of sp³-hybridized carbons (Fsp3) is 0.0714. The normalized spacial score (nSPS) is 10.7. The predicted molar refractivity (Wildman–Crippen MR) is 78.3 cm³/mol. The second-order valence-electron chi connectivity index (χ2n) is 4.47. The van der Waals surface area contributed by atoms with Gasteiger partial charge in [0, 0.05) is 28.9 Å². The van der Waals surface area contributed by atoms with Crippen molar-refractivity contribution < 1.29 is 9.90 Å². The quantitative estimate of drug-likeness (QED) is 0.579. The number of aromatic amines is 2. The minimum Gasteiger partial charge on any atom is -0.480 e. The Morgan fingerprint density at radius 1 is 1.33 bits per heavy atom. The number of H-pyrrole nitrogens is 2. The van der Waals surface area contributed by atoms with Crippen LogP contribution in [-0.2, 0) is 4.79 Å². The van der Waals surface area contributed by atoms with Crippen molar-refractivity contribution in [2.75, 3.05) is 11.9 Å². The van der Waals surface area contributed by atoms with Crippen LogP contribution >= 0.6 is 0 Å². The molecule has 0 spiro atoms. The van der Waals surface area contributed by atoms with Gasteiger partial charge in [0.1, 0.15) is 18.0 Å². The van der Waals surface area contributed by atoms with E-state index in [0.717, 1.165) is 10.9 Å². The first-order valence-corrected chi connectivity index (χ1v) is 6.27. The molecule has 0 aromatic carbocycles. The van der Waals surface area contributed by atoms with Crippen molar-refractivity contribution in [1.82, 2.24) is 15.0 Å². The number of hydrogen-bond acceptors (Lipinski definition) is 4. The van der Waals surface area contributed by atoms with Gasteiger partial charge in [-0.2, -0.15) is 0 Å². The Kier molecular flexibility index (Phi) is 3.15. The maximum Gasteiger partial charge on any atom is 0.322 e. The number of aliphatic carboxylic acids is 1. The summed E-state index contributed by atoms with van der Waals surface area (Å²) in [5, 5.41) is 12.3. The van der Waals surface area contributed by atoms with Gasteiger partial charge in [-0.3, -0.25) is 9.59 Å². The van der Waals surface area contributed by atoms with Crippen LogP contribution in [0.1, 0.15) is 0 Å². The zero-order valence-electron chi connectivity index (χ0n) is 10.9. The third-order valence-electron chi connectivity index (χ3n) is 3.01. The summed E-state index contributed by atoms with van der Waals surface area (Å²) in [6, 6.07) is 8.44. The molecular weight excluding hydrogens is 272 g/mol. The Balaban J connectivity index is 2.13. The van der Waals surface area contributed by atoms with Crippen molar-refractivity contribution in [3.63, 3.8) is 0 Å². The molecule has 0 amide bonds. The Morgan fingerprint density at radius 3 is 2.95 bits per heavy atom. The summed E-state index contributed by atoms with van der Waals surface area (Å²) in [6.45, 7) is -0.232. The molecule has 0 saturated heterocycles. The highest BCUT2D eigenvalue weighted by molar-refractivity contribution is 5.93. The second-order valence-corrected chi connectivity index (χ2v) is 4.47. The zero-order valence-corrected chi connectivity index (χ0v) is 10.9. The van der Waals surface area contributed by atoms with Crippen molar-refractivity contribution in [2.24, 2.45) is 0 Å². The van der Waals surface area contributed by atoms with Crippen molar-refractivity contribution in [2.45, 2.75) is 0 Å². The van der Waals surface area contributed by atoms with Crippen LogP contribution in [0.3, 0.4) is 0 Å². The Morgan fingerprint density at radius 2 is 2.19 bits per heavy atom. The first kappa shape index (κ1) is 12.9. The molecule has 4 N–H and O–H groups in total. The average Bonchev–Trinajstić information content (AvgIpc) is 2.92. The first-order chi connectivity index (χ1) is 10.1. The van der Waals surface area contributed by atoms with E-state index in [1.165, 1.54) is 6.07 Å². The smallest absolute Gasteiger partial charge is 0.322 e. The molecule has 0 unspecified atom stereocenters. The van der Waals surface area contributed by atoms with E-state index < -0.39 is 5.97 Å². The zero-order chi connectivity index (χ0) is 14.8. The fourth-order valence-electron chi connectivity index (χ4n) is 2.12. The number of carbonyl (C=O) groups is 1. The van der Waals surface area contributed by atoms with E-state index in [1.807, 2.05) is 6.07 Å². The first-order valence-electron chi connectivity index (χ1n) is 6.27. The minimum absolute atomic E-state index is 0.201. The maximum atomic E-state index is 11.5. The molecule has 0 radical (unpaired) electrons. The lowest BCUT2D eigenvalue weighted by Gasteiger charge is -2.08. The van der Waals surface area contributed by atoms with E-state index in [0.29, 0.717) is 17.2 Å². The van der Waals surface area contributed by atoms with Gasteiger partial charge in [-0.1, -0.05) is 6.07 Å². The molecule has 7 heteroatoms. The maximum absolute atomic E-state index is 11.5. The minimum atomic E-state index is -0.974. The molecule has 0 aliphatic carbocycles. The van der Waals surface area contributed by atoms with Crippen LogP contribution < -0.4 is 10.9 Å². The van der Waals surface area contributed by atoms with E-state index in [-0.39, 0.29) is 12.1 Å². The lowest BCUT2D eigenvalue weighted by Crippen LogP contribution is -2.13. The number of hydrogen-bond donors (Lipinski definition) is 4. The standard InChI is InChI=1S/C14H12N4O3/c19-12-3-1-2-10(17-12)9-6-11(16-7-13(20)21)18-14-8(9)4-5-15-14/h1-6H,7H2,(H,17,19)(H,20,21)(H2,15,16,18). The SMILES string of the molecule is O=C(O)CNc1cc(-c2cccc(=O)[nH]2)c2cc[nH]c2n1. The Hall–Kier alpha value is -3.09. The van der Waals surface area contributed by atoms with Crippen LogP contribution in [0.15, 0.2) is 41.3 Å². The number of carboxylic acid groups (broad SMARTS) is 1. The van der Waals surface area contributed by atoms with Gasteiger partial charge in [-0.05, 0) is 18.2 Å². The molecule has 0 aliphatic rings. The molecule has 3 rings (SSSR count). The number of pyridine rings is 2. The number of nitrogens with zero attached hydrogens (tertiary/aromatic N) is 1. The summed E-state index contributed by atoms with van der Waals surface area (Å²) in [4.78, 5) is 32.1. The largest absolute Gasteiger partial charge is 0.480 e. The van der Waals surface area contributed by atoms with E-state index >= 15 is 0 Å². The highest BCUT2D eigenvalue weighted by atomic mass is 16.4. The molecule has 3 aromatic rings. The van der Waals surface area contributed by atoms with Crippen LogP contribution in [0.5, 0.6) is 0 Å². The number of aromatic nitrogens is 3. The van der Waals surface area contributed by atoms with Gasteiger partial charge in [0.25, 0.3) is 0 Å². The summed E-state index contributed by atoms with van der Waals surface area (Å²) in [7, 11) is 0. The van der Waals surface area contributed by atoms with Gasteiger partial charge in [0.2, 0.25) is 5.56 Å². The van der Waals surface area contributed by atoms with E-state index in [4.69, 9.17) is 5.11 Å². The number of anilines is 1. The fourth-order valence-corrected chi connectivity index (χ4v) is 2.12. The molecule has 106 valence electrons. The third kappa shape index (κ3) is 2.62. The van der Waals surface area contributed by atoms with E-state index in [1.54, 1.807) is 24.4 Å². The summed E-state index contributed by atoms with van der Waals surface area (Å²) < 4.78 is 0. The van der Waals surface area contributed by atoms with Crippen LogP contribution in [0.2, 0.25) is 0 Å². The Labute approximate surface area is 118 Å². The molecule has 0 bridgehead atoms. The summed E-state index contributed by atoms with van der Waals surface area (Å²) in [5.41, 5.74) is 1.83. The molecule has 7 nitrogen and oxygen atoms in total. The topological polar surface area (TPSA) is 111 Å². The van der Waals surface area contributed by atoms with Gasteiger partial charge in [0.15, 0.2) is 0 Å². The molecular formula is C14H12N4O3. The highest BCUT2D eigenvalue weighted by Gasteiger charge is 2.10. The van der Waals surface area contributed by atoms with Gasteiger partial charge in [-0.15, -0.1) is 0 Å². The van der Waals surface area contributed by atoms with Crippen LogP contribution in [-0.4, -0.2) is 32.6 Å². The molecule has 0 fully saturated rings. The lowest BCUT2D eigenvalue weighted by molar-refractivity contribution is -0.134. The second kappa shape index (κ2) is 5.12. The summed E-state index contributed by atoms with van der Waals surface area (Å²) in [6.07, 6.45) is 1.74. The molecule has 3 aromatic heterocycles. The van der Waals surface area contributed by atoms with Crippen LogP contribution in [0, 0.1) is 0 Å². The van der Waals surface area contributed by atoms with Gasteiger partial charge in [0.05, 0.1) is 0 Å². The molecule has 0 atom stereocenters. The average molecular weight is 284 g/mol. The molecule has 0 aliphatic heterocycles. The number of fused-ring (bicyclic) bond motifs is 1. The van der Waals surface area contributed by atoms with E-state index in [2.05, 4.69) is 20.3 Å². The van der Waals surface area contributed by atoms with Gasteiger partial charge < -0.3 is 20.4 Å². The molecule has 3 heterocycles. The van der Waals surface area contributed by atoms with Crippen LogP contribution in [0.25, 0.3) is 22.3 Å². The Bertz CT molecular complexity index is 866. The number of nitrogens with one attached hydrogen (secondary N) is 3. The van der Waals surface area contributed by atoms with Gasteiger partial charge in [-0.25, -0.2) is 4.98 Å². The van der Waals surface area contributed by atoms with Gasteiger partial charge >= 0.3 is 5.97 Å². The molecule has 0 saturated carbocycles. The van der Waals surface area contributed by atoms with E-state index in [9.17, 15) is 9.59 Å². The van der Waals surface area contributed by atoms with Crippen molar-refractivity contribution in [3.8, 4) is 11.3 Å². The number of rotatable bonds is 4. The predicted octanol–water partition coefficient (Wildman–Crippen LogP) is 1.41. The number of carboxylic acids is 1. The molecule has 21 heavy (non-hydrogen) atoms. The third-order valence-corrected chi connectivity index (χ3v) is 3.01. The van der Waals surface area contributed by atoms with Crippen LogP contribution in [0.4, 0.5) is 5.82 Å². The summed E-state index contributed by atoms with van der Waals surface area (Å²) in [5.74, 6) is -0.551.